The highest BCUT2D eigenvalue weighted by Gasteiger charge is 2.11. The average molecular weight is 147 g/mol. The Morgan fingerprint density at radius 1 is 1.67 bits per heavy atom. The van der Waals surface area contributed by atoms with Gasteiger partial charge >= 0.3 is 0 Å². The second-order valence-electron chi connectivity index (χ2n) is 2.18. The van der Waals surface area contributed by atoms with E-state index in [1.807, 2.05) is 0 Å². The fourth-order valence-corrected chi connectivity index (χ4v) is 1.14. The number of allylic oxidation sites excluding steroid dienone is 1. The third kappa shape index (κ3) is 1.62. The fraction of sp³-hybridized carbons (Fsp3) is 0.714. The number of rotatable bonds is 2. The molecular weight excluding hydrogens is 136 g/mol. The van der Waals surface area contributed by atoms with Gasteiger partial charge in [0.1, 0.15) is 5.76 Å². The van der Waals surface area contributed by atoms with Gasteiger partial charge in [0.05, 0.1) is 11.6 Å². The summed E-state index contributed by atoms with van der Waals surface area (Å²) >= 11 is 5.81. The molecule has 0 radical (unpaired) electrons. The van der Waals surface area contributed by atoms with Crippen LogP contribution in [0.15, 0.2) is 10.8 Å². The van der Waals surface area contributed by atoms with Crippen molar-refractivity contribution in [2.45, 2.75) is 26.2 Å². The van der Waals surface area contributed by atoms with Gasteiger partial charge in [-0.1, -0.05) is 18.5 Å². The van der Waals surface area contributed by atoms with Crippen LogP contribution in [0.25, 0.3) is 0 Å². The second-order valence-corrected chi connectivity index (χ2v) is 2.63. The van der Waals surface area contributed by atoms with Crippen molar-refractivity contribution in [1.29, 1.82) is 0 Å². The normalized spacial score (nSPS) is 18.4. The summed E-state index contributed by atoms with van der Waals surface area (Å²) in [5.74, 6) is 1.01. The van der Waals surface area contributed by atoms with Crippen LogP contribution in [-0.4, -0.2) is 6.61 Å². The van der Waals surface area contributed by atoms with Crippen LogP contribution >= 0.6 is 11.6 Å². The summed E-state index contributed by atoms with van der Waals surface area (Å²) in [6.07, 6.45) is 3.03. The first-order valence-corrected chi connectivity index (χ1v) is 3.72. The number of halogens is 1. The summed E-state index contributed by atoms with van der Waals surface area (Å²) in [7, 11) is 0. The smallest absolute Gasteiger partial charge is 0.111 e. The van der Waals surface area contributed by atoms with E-state index in [0.29, 0.717) is 0 Å². The summed E-state index contributed by atoms with van der Waals surface area (Å²) in [4.78, 5) is 0. The van der Waals surface area contributed by atoms with Crippen molar-refractivity contribution in [3.8, 4) is 0 Å². The molecule has 0 unspecified atom stereocenters. The Morgan fingerprint density at radius 2 is 2.44 bits per heavy atom. The maximum atomic E-state index is 5.81. The number of hydrogen-bond donors (Lipinski definition) is 0. The molecule has 0 aromatic heterocycles. The van der Waals surface area contributed by atoms with E-state index in [2.05, 4.69) is 6.92 Å². The molecular formula is C7H11ClO. The lowest BCUT2D eigenvalue weighted by molar-refractivity contribution is 0.233. The molecule has 0 saturated carbocycles. The lowest BCUT2D eigenvalue weighted by atomic mass is 10.3. The van der Waals surface area contributed by atoms with Crippen molar-refractivity contribution in [2.75, 3.05) is 6.61 Å². The summed E-state index contributed by atoms with van der Waals surface area (Å²) < 4.78 is 5.25. The van der Waals surface area contributed by atoms with Crippen molar-refractivity contribution in [3.63, 3.8) is 0 Å². The molecule has 2 heteroatoms. The third-order valence-corrected chi connectivity index (χ3v) is 1.78. The Labute approximate surface area is 60.7 Å². The Kier molecular flexibility index (Phi) is 2.40. The SMILES string of the molecule is CCCC1=C(Cl)CCO1. The first kappa shape index (κ1) is 6.94. The van der Waals surface area contributed by atoms with Gasteiger partial charge < -0.3 is 4.74 Å². The van der Waals surface area contributed by atoms with Gasteiger partial charge in [0.25, 0.3) is 0 Å². The van der Waals surface area contributed by atoms with Crippen molar-refractivity contribution < 1.29 is 4.74 Å². The Hall–Kier alpha value is -0.170. The molecule has 1 aliphatic heterocycles. The van der Waals surface area contributed by atoms with E-state index < -0.39 is 0 Å². The van der Waals surface area contributed by atoms with E-state index in [9.17, 15) is 0 Å². The van der Waals surface area contributed by atoms with Gasteiger partial charge in [0.2, 0.25) is 0 Å². The summed E-state index contributed by atoms with van der Waals surface area (Å²) in [5.41, 5.74) is 0. The van der Waals surface area contributed by atoms with Crippen LogP contribution in [0.2, 0.25) is 0 Å². The van der Waals surface area contributed by atoms with Gasteiger partial charge in [0.15, 0.2) is 0 Å². The first-order chi connectivity index (χ1) is 4.34. The lowest BCUT2D eigenvalue weighted by Gasteiger charge is -1.99. The van der Waals surface area contributed by atoms with Gasteiger partial charge in [-0.15, -0.1) is 0 Å². The fourth-order valence-electron chi connectivity index (χ4n) is 0.916. The quantitative estimate of drug-likeness (QED) is 0.582. The molecule has 0 amide bonds. The molecule has 0 aromatic rings. The van der Waals surface area contributed by atoms with Crippen LogP contribution in [0.3, 0.4) is 0 Å². The van der Waals surface area contributed by atoms with E-state index >= 15 is 0 Å². The van der Waals surface area contributed by atoms with Gasteiger partial charge in [-0.25, -0.2) is 0 Å². The molecule has 0 aromatic carbocycles. The predicted molar refractivity (Wildman–Crippen MR) is 38.4 cm³/mol. The van der Waals surface area contributed by atoms with E-state index in [4.69, 9.17) is 16.3 Å². The maximum Gasteiger partial charge on any atom is 0.111 e. The summed E-state index contributed by atoms with van der Waals surface area (Å²) in [5, 5.41) is 0.928. The van der Waals surface area contributed by atoms with Gasteiger partial charge in [-0.2, -0.15) is 0 Å². The zero-order valence-electron chi connectivity index (χ0n) is 5.61. The molecule has 0 spiro atoms. The van der Waals surface area contributed by atoms with E-state index in [-0.39, 0.29) is 0 Å². The van der Waals surface area contributed by atoms with E-state index in [1.165, 1.54) is 0 Å². The minimum atomic E-state index is 0.786. The molecule has 1 aliphatic rings. The van der Waals surface area contributed by atoms with E-state index in [0.717, 1.165) is 36.7 Å². The molecule has 1 rings (SSSR count). The highest BCUT2D eigenvalue weighted by Crippen LogP contribution is 2.25. The van der Waals surface area contributed by atoms with Crippen molar-refractivity contribution in [2.24, 2.45) is 0 Å². The monoisotopic (exact) mass is 146 g/mol. The number of hydrogen-bond acceptors (Lipinski definition) is 1. The highest BCUT2D eigenvalue weighted by molar-refractivity contribution is 6.30. The van der Waals surface area contributed by atoms with Crippen molar-refractivity contribution in [3.05, 3.63) is 10.8 Å². The zero-order valence-corrected chi connectivity index (χ0v) is 6.37. The van der Waals surface area contributed by atoms with Crippen LogP contribution in [0.4, 0.5) is 0 Å². The molecule has 0 bridgehead atoms. The second kappa shape index (κ2) is 3.11. The van der Waals surface area contributed by atoms with Crippen LogP contribution in [-0.2, 0) is 4.74 Å². The van der Waals surface area contributed by atoms with Crippen LogP contribution < -0.4 is 0 Å². The molecule has 1 nitrogen and oxygen atoms in total. The molecule has 1 heterocycles. The maximum absolute atomic E-state index is 5.81. The van der Waals surface area contributed by atoms with Gasteiger partial charge in [-0.3, -0.25) is 0 Å². The zero-order chi connectivity index (χ0) is 6.69. The minimum Gasteiger partial charge on any atom is -0.496 e. The molecule has 0 N–H and O–H groups in total. The Morgan fingerprint density at radius 3 is 2.89 bits per heavy atom. The Bertz CT molecular complexity index is 129. The molecule has 0 saturated heterocycles. The topological polar surface area (TPSA) is 9.23 Å². The summed E-state index contributed by atoms with van der Waals surface area (Å²) in [6.45, 7) is 2.91. The lowest BCUT2D eigenvalue weighted by Crippen LogP contribution is -1.83. The van der Waals surface area contributed by atoms with Crippen molar-refractivity contribution >= 4 is 11.6 Å². The van der Waals surface area contributed by atoms with Crippen LogP contribution in [0, 0.1) is 0 Å². The van der Waals surface area contributed by atoms with Crippen LogP contribution in [0.1, 0.15) is 26.2 Å². The standard InChI is InChI=1S/C7H11ClO/c1-2-3-7-6(8)4-5-9-7/h2-5H2,1H3. The largest absolute Gasteiger partial charge is 0.496 e. The average Bonchev–Trinajstić information content (AvgIpc) is 2.18. The minimum absolute atomic E-state index is 0.786. The Balaban J connectivity index is 2.45. The first-order valence-electron chi connectivity index (χ1n) is 3.35. The number of ether oxygens (including phenoxy) is 1. The molecule has 9 heavy (non-hydrogen) atoms. The molecule has 52 valence electrons. The highest BCUT2D eigenvalue weighted by atomic mass is 35.5. The van der Waals surface area contributed by atoms with E-state index in [1.54, 1.807) is 0 Å². The molecule has 0 fully saturated rings. The van der Waals surface area contributed by atoms with Gasteiger partial charge in [-0.05, 0) is 6.42 Å². The third-order valence-electron chi connectivity index (χ3n) is 1.38. The molecule has 0 aliphatic carbocycles. The van der Waals surface area contributed by atoms with Crippen molar-refractivity contribution in [1.82, 2.24) is 0 Å². The van der Waals surface area contributed by atoms with Crippen LogP contribution in [0.5, 0.6) is 0 Å². The summed E-state index contributed by atoms with van der Waals surface area (Å²) in [6, 6.07) is 0. The van der Waals surface area contributed by atoms with Gasteiger partial charge in [0, 0.05) is 12.8 Å². The molecule has 0 atom stereocenters. The predicted octanol–water partition coefficient (Wildman–Crippen LogP) is 2.66.